The van der Waals surface area contributed by atoms with Crippen molar-refractivity contribution in [1.82, 2.24) is 0 Å². The van der Waals surface area contributed by atoms with Crippen molar-refractivity contribution in [2.24, 2.45) is 56.2 Å². The third kappa shape index (κ3) is 9.49. The SMILES string of the molecule is CC(=O)O[C@H]1[C@H](OC(=O)C(C)C)C(C)(C)C[C@H]2C3=CC[C@@H]4[C@@]5(C)CC[C@H](O[C@@H]6O[C@H](C(=O)O)[C@@H](O)[C@H](O)[C@H]6O[C@@H]6O[C@H](CO)[C@@H](O)[C@H](O)[C@H]6O[C@@H]6O[C@H](CO)[C@@H](O)[C@H](O)[C@H]6O)C(C)(C)[C@@H]5CC[C@@]4(C)[C@]3(C)[C@@H](O)[C@@H](O)[C@]21CO. The quantitative estimate of drug-likeness (QED) is 0.0559. The van der Waals surface area contributed by atoms with Gasteiger partial charge in [0.2, 0.25) is 0 Å². The van der Waals surface area contributed by atoms with Crippen LogP contribution in [0.15, 0.2) is 11.6 Å². The smallest absolute Gasteiger partial charge is 0.335 e. The predicted octanol–water partition coefficient (Wildman–Crippen LogP) is -1.63. The summed E-state index contributed by atoms with van der Waals surface area (Å²) in [5.41, 5.74) is -4.76. The number of aliphatic hydroxyl groups excluding tert-OH is 12. The molecule has 0 aromatic carbocycles. The summed E-state index contributed by atoms with van der Waals surface area (Å²) in [7, 11) is 0. The maximum Gasteiger partial charge on any atom is 0.335 e. The maximum atomic E-state index is 13.2. The van der Waals surface area contributed by atoms with Crippen LogP contribution in [-0.4, -0.2) is 227 Å². The molecule has 8 rings (SSSR count). The van der Waals surface area contributed by atoms with Gasteiger partial charge in [-0.25, -0.2) is 4.79 Å². The summed E-state index contributed by atoms with van der Waals surface area (Å²) in [5, 5.41) is 144. The highest BCUT2D eigenvalue weighted by atomic mass is 16.8. The summed E-state index contributed by atoms with van der Waals surface area (Å²) in [6.45, 7) is 16.3. The second-order valence-electron chi connectivity index (χ2n) is 25.9. The number of ether oxygens (including phenoxy) is 8. The molecule has 5 aliphatic carbocycles. The van der Waals surface area contributed by atoms with E-state index in [0.717, 1.165) is 5.57 Å². The molecule has 0 bridgehead atoms. The summed E-state index contributed by atoms with van der Waals surface area (Å²) >= 11 is 0. The molecule has 0 radical (unpaired) electrons. The van der Waals surface area contributed by atoms with Crippen molar-refractivity contribution in [3.63, 3.8) is 0 Å². The molecule has 24 heteroatoms. The highest BCUT2D eigenvalue weighted by Crippen LogP contribution is 2.76. The highest BCUT2D eigenvalue weighted by Gasteiger charge is 2.76. The van der Waals surface area contributed by atoms with Gasteiger partial charge in [0.05, 0.1) is 49.5 Å². The zero-order valence-corrected chi connectivity index (χ0v) is 46.1. The van der Waals surface area contributed by atoms with Crippen LogP contribution in [0.2, 0.25) is 0 Å². The molecule has 7 fully saturated rings. The number of allylic oxidation sites excluding steroid dienone is 1. The van der Waals surface area contributed by atoms with E-state index in [-0.39, 0.29) is 11.8 Å². The van der Waals surface area contributed by atoms with Gasteiger partial charge in [0.25, 0.3) is 0 Å². The molecule has 24 nitrogen and oxygen atoms in total. The lowest BCUT2D eigenvalue weighted by molar-refractivity contribution is -0.396. The monoisotopic (exact) mass is 1120 g/mol. The zero-order chi connectivity index (χ0) is 57.9. The third-order valence-electron chi connectivity index (χ3n) is 20.7. The zero-order valence-electron chi connectivity index (χ0n) is 46.1. The van der Waals surface area contributed by atoms with Crippen LogP contribution in [0.3, 0.4) is 0 Å². The Balaban J connectivity index is 1.10. The van der Waals surface area contributed by atoms with Gasteiger partial charge < -0.3 is 104 Å². The fourth-order valence-electron chi connectivity index (χ4n) is 16.2. The minimum absolute atomic E-state index is 0.137. The molecular formula is C54H86O24. The van der Waals surface area contributed by atoms with E-state index >= 15 is 0 Å². The van der Waals surface area contributed by atoms with Crippen LogP contribution in [0, 0.1) is 56.2 Å². The maximum absolute atomic E-state index is 13.2. The fourth-order valence-corrected chi connectivity index (χ4v) is 16.2. The summed E-state index contributed by atoms with van der Waals surface area (Å²) in [4.78, 5) is 38.8. The number of carbonyl (C=O) groups excluding carboxylic acids is 2. The van der Waals surface area contributed by atoms with Gasteiger partial charge in [-0.1, -0.05) is 74.0 Å². The van der Waals surface area contributed by atoms with E-state index in [4.69, 9.17) is 37.9 Å². The normalized spacial score (nSPS) is 50.7. The van der Waals surface area contributed by atoms with Crippen LogP contribution < -0.4 is 0 Å². The number of hydrogen-bond donors (Lipinski definition) is 13. The van der Waals surface area contributed by atoms with Crippen molar-refractivity contribution >= 4 is 17.9 Å². The standard InChI is InChI=1S/C54H86O24/c1-21(2)45(70)78-42-43(71-22(3)58)54(20-57)24(17-49(42,4)5)23-11-12-28-51(8)15-14-29(50(6,7)27(51)13-16-52(28,9)53(23,10)40(66)41(54)67)74-48-39(35(64)34(63)37(75-48)44(68)69)77-47-38(33(62)31(60)26(19-56)73-47)76-46-36(65)32(61)30(59)25(18-55)72-46/h11,21,24-43,46-48,55-57,59-67H,12-20H2,1-10H3,(H,68,69)/t24-,25+,26+,27-,28+,29-,30+,31+,32-,33-,34-,35-,36+,37-,38+,39+,40-,41+,42-,43-,46-,47-,48+,51-,52+,53-,54-/m0/s1. The van der Waals surface area contributed by atoms with E-state index in [0.29, 0.717) is 38.5 Å². The van der Waals surface area contributed by atoms with E-state index in [1.807, 2.05) is 34.6 Å². The lowest BCUT2D eigenvalue weighted by Crippen LogP contribution is -2.76. The van der Waals surface area contributed by atoms with Crippen molar-refractivity contribution in [1.29, 1.82) is 0 Å². The van der Waals surface area contributed by atoms with Gasteiger partial charge in [-0.2, -0.15) is 0 Å². The molecule has 0 aromatic rings. The lowest BCUT2D eigenvalue weighted by Gasteiger charge is -2.73. The van der Waals surface area contributed by atoms with Gasteiger partial charge in [0.1, 0.15) is 73.2 Å². The first kappa shape index (κ1) is 61.5. The predicted molar refractivity (Wildman–Crippen MR) is 264 cm³/mol. The lowest BCUT2D eigenvalue weighted by atomic mass is 9.32. The van der Waals surface area contributed by atoms with Crippen LogP contribution in [-0.2, 0) is 52.3 Å². The number of aliphatic hydroxyl groups is 12. The van der Waals surface area contributed by atoms with Crippen LogP contribution in [0.25, 0.3) is 0 Å². The second-order valence-corrected chi connectivity index (χ2v) is 25.9. The van der Waals surface area contributed by atoms with Gasteiger partial charge in [-0.05, 0) is 72.5 Å². The number of esters is 2. The number of carboxylic acids is 1. The summed E-state index contributed by atoms with van der Waals surface area (Å²) < 4.78 is 48.2. The van der Waals surface area contributed by atoms with Crippen molar-refractivity contribution in [2.45, 2.75) is 230 Å². The minimum atomic E-state index is -2.14. The summed E-state index contributed by atoms with van der Waals surface area (Å²) in [6.07, 6.45) is -29.8. The van der Waals surface area contributed by atoms with Crippen molar-refractivity contribution in [3.8, 4) is 0 Å². The molecular weight excluding hydrogens is 1030 g/mol. The summed E-state index contributed by atoms with van der Waals surface area (Å²) in [5.74, 6) is -4.35. The topological polar surface area (TPSA) is 388 Å². The first-order valence-corrected chi connectivity index (χ1v) is 27.5. The second kappa shape index (κ2) is 21.9. The molecule has 0 aromatic heterocycles. The molecule has 0 unspecified atom stereocenters. The van der Waals surface area contributed by atoms with E-state index in [1.54, 1.807) is 13.8 Å². The van der Waals surface area contributed by atoms with Gasteiger partial charge in [-0.3, -0.25) is 9.59 Å². The molecule has 27 atom stereocenters. The van der Waals surface area contributed by atoms with Gasteiger partial charge in [0, 0.05) is 17.8 Å². The van der Waals surface area contributed by atoms with Crippen molar-refractivity contribution < 1.29 is 119 Å². The van der Waals surface area contributed by atoms with Crippen LogP contribution >= 0.6 is 0 Å². The number of rotatable bonds is 13. The Morgan fingerprint density at radius 3 is 1.78 bits per heavy atom. The Morgan fingerprint density at radius 1 is 0.654 bits per heavy atom. The van der Waals surface area contributed by atoms with Gasteiger partial charge in [0.15, 0.2) is 31.1 Å². The van der Waals surface area contributed by atoms with Crippen molar-refractivity contribution in [2.75, 3.05) is 19.8 Å². The first-order chi connectivity index (χ1) is 36.3. The number of carbonyl (C=O) groups is 3. The molecule has 8 aliphatic rings. The van der Waals surface area contributed by atoms with Crippen LogP contribution in [0.4, 0.5) is 0 Å². The highest BCUT2D eigenvalue weighted by molar-refractivity contribution is 5.73. The molecule has 4 saturated carbocycles. The Bertz CT molecular complexity index is 2230. The largest absolute Gasteiger partial charge is 0.479 e. The molecule has 78 heavy (non-hydrogen) atoms. The Hall–Kier alpha value is -2.57. The average molecular weight is 1120 g/mol. The molecule has 0 spiro atoms. The Kier molecular flexibility index (Phi) is 17.3. The van der Waals surface area contributed by atoms with E-state index in [9.17, 15) is 80.8 Å². The molecule has 446 valence electrons. The fraction of sp³-hybridized carbons (Fsp3) is 0.907. The van der Waals surface area contributed by atoms with Gasteiger partial charge in [-0.15, -0.1) is 0 Å². The van der Waals surface area contributed by atoms with Crippen LogP contribution in [0.5, 0.6) is 0 Å². The van der Waals surface area contributed by atoms with E-state index in [1.165, 1.54) is 6.92 Å². The average Bonchev–Trinajstić information content (AvgIpc) is 3.22. The van der Waals surface area contributed by atoms with E-state index in [2.05, 4.69) is 19.9 Å². The van der Waals surface area contributed by atoms with Crippen molar-refractivity contribution in [3.05, 3.63) is 11.6 Å². The van der Waals surface area contributed by atoms with Gasteiger partial charge >= 0.3 is 17.9 Å². The molecule has 3 aliphatic heterocycles. The Labute approximate surface area is 453 Å². The molecule has 3 heterocycles. The Morgan fingerprint density at radius 2 is 1.22 bits per heavy atom. The molecule has 13 N–H and O–H groups in total. The minimum Gasteiger partial charge on any atom is -0.479 e. The van der Waals surface area contributed by atoms with Crippen LogP contribution in [0.1, 0.15) is 108 Å². The third-order valence-corrected chi connectivity index (χ3v) is 20.7. The number of fused-ring (bicyclic) bond motifs is 7. The number of hydrogen-bond acceptors (Lipinski definition) is 23. The first-order valence-electron chi connectivity index (χ1n) is 27.5. The number of aliphatic carboxylic acids is 1. The number of carboxylic acid groups (broad SMARTS) is 1. The molecule has 3 saturated heterocycles. The van der Waals surface area contributed by atoms with E-state index < -0.39 is 205 Å². The summed E-state index contributed by atoms with van der Waals surface area (Å²) in [6, 6.07) is 0. The molecule has 0 amide bonds.